The number of aromatic nitrogens is 3. The summed E-state index contributed by atoms with van der Waals surface area (Å²) in [5.74, 6) is 6.41. The van der Waals surface area contributed by atoms with Crippen LogP contribution in [0.3, 0.4) is 0 Å². The van der Waals surface area contributed by atoms with Crippen molar-refractivity contribution in [3.63, 3.8) is 0 Å². The van der Waals surface area contributed by atoms with E-state index in [-0.39, 0.29) is 0 Å². The quantitative estimate of drug-likeness (QED) is 0.516. The SMILES string of the molecule is NNc1cncc(NCc2ccccn2)n1. The highest BCUT2D eigenvalue weighted by molar-refractivity contribution is 5.40. The van der Waals surface area contributed by atoms with Crippen LogP contribution in [0.5, 0.6) is 0 Å². The Balaban J connectivity index is 1.99. The molecule has 0 spiro atoms. The minimum atomic E-state index is 0.519. The van der Waals surface area contributed by atoms with Crippen molar-refractivity contribution in [2.24, 2.45) is 5.84 Å². The Bertz CT molecular complexity index is 444. The lowest BCUT2D eigenvalue weighted by molar-refractivity contribution is 1.02. The maximum absolute atomic E-state index is 5.23. The van der Waals surface area contributed by atoms with E-state index in [1.165, 1.54) is 0 Å². The lowest BCUT2D eigenvalue weighted by Crippen LogP contribution is -2.10. The fraction of sp³-hybridized carbons (Fsp3) is 0.100. The van der Waals surface area contributed by atoms with E-state index in [0.29, 0.717) is 18.2 Å². The van der Waals surface area contributed by atoms with Crippen molar-refractivity contribution in [3.05, 3.63) is 42.5 Å². The molecule has 4 N–H and O–H groups in total. The van der Waals surface area contributed by atoms with Crippen LogP contribution in [0, 0.1) is 0 Å². The van der Waals surface area contributed by atoms with Crippen molar-refractivity contribution >= 4 is 11.6 Å². The van der Waals surface area contributed by atoms with Crippen molar-refractivity contribution in [2.75, 3.05) is 10.7 Å². The van der Waals surface area contributed by atoms with Gasteiger partial charge in [-0.15, -0.1) is 0 Å². The summed E-state index contributed by atoms with van der Waals surface area (Å²) in [5, 5.41) is 3.10. The van der Waals surface area contributed by atoms with Gasteiger partial charge in [-0.25, -0.2) is 10.8 Å². The molecule has 0 aromatic carbocycles. The van der Waals surface area contributed by atoms with E-state index in [1.54, 1.807) is 18.6 Å². The highest BCUT2D eigenvalue weighted by atomic mass is 15.3. The van der Waals surface area contributed by atoms with Gasteiger partial charge in [0.2, 0.25) is 0 Å². The molecular formula is C10H12N6. The fourth-order valence-electron chi connectivity index (χ4n) is 1.20. The molecule has 0 aliphatic heterocycles. The number of nitrogen functional groups attached to an aromatic ring is 1. The fourth-order valence-corrected chi connectivity index (χ4v) is 1.20. The van der Waals surface area contributed by atoms with E-state index in [9.17, 15) is 0 Å². The van der Waals surface area contributed by atoms with Gasteiger partial charge in [0.05, 0.1) is 24.6 Å². The molecule has 2 heterocycles. The summed E-state index contributed by atoms with van der Waals surface area (Å²) < 4.78 is 0. The van der Waals surface area contributed by atoms with E-state index < -0.39 is 0 Å². The predicted molar refractivity (Wildman–Crippen MR) is 61.4 cm³/mol. The summed E-state index contributed by atoms with van der Waals surface area (Å²) in [5.41, 5.74) is 3.38. The summed E-state index contributed by atoms with van der Waals surface area (Å²) in [6, 6.07) is 5.75. The van der Waals surface area contributed by atoms with E-state index in [2.05, 4.69) is 25.7 Å². The first-order valence-electron chi connectivity index (χ1n) is 4.81. The number of anilines is 2. The molecule has 0 saturated carbocycles. The Morgan fingerprint density at radius 2 is 2.06 bits per heavy atom. The molecule has 2 aromatic heterocycles. The van der Waals surface area contributed by atoms with Crippen LogP contribution < -0.4 is 16.6 Å². The molecule has 16 heavy (non-hydrogen) atoms. The average Bonchev–Trinajstić information content (AvgIpc) is 2.38. The second kappa shape index (κ2) is 5.04. The first kappa shape index (κ1) is 10.3. The van der Waals surface area contributed by atoms with Gasteiger partial charge in [-0.3, -0.25) is 9.97 Å². The smallest absolute Gasteiger partial charge is 0.160 e. The number of nitrogens with zero attached hydrogens (tertiary/aromatic N) is 3. The molecule has 0 aliphatic carbocycles. The van der Waals surface area contributed by atoms with Crippen LogP contribution in [-0.2, 0) is 6.54 Å². The lowest BCUT2D eigenvalue weighted by atomic mass is 10.3. The molecule has 0 radical (unpaired) electrons. The van der Waals surface area contributed by atoms with Crippen molar-refractivity contribution in [1.82, 2.24) is 15.0 Å². The summed E-state index contributed by atoms with van der Waals surface area (Å²) in [6.45, 7) is 0.601. The van der Waals surface area contributed by atoms with Crippen LogP contribution in [0.25, 0.3) is 0 Å². The normalized spacial score (nSPS) is 9.81. The molecule has 0 amide bonds. The minimum absolute atomic E-state index is 0.519. The molecular weight excluding hydrogens is 204 g/mol. The van der Waals surface area contributed by atoms with Crippen LogP contribution >= 0.6 is 0 Å². The molecule has 6 nitrogen and oxygen atoms in total. The number of nitrogens with one attached hydrogen (secondary N) is 2. The topological polar surface area (TPSA) is 88.8 Å². The van der Waals surface area contributed by atoms with E-state index in [4.69, 9.17) is 5.84 Å². The van der Waals surface area contributed by atoms with Crippen molar-refractivity contribution in [3.8, 4) is 0 Å². The third kappa shape index (κ3) is 2.64. The number of hydrazine groups is 1. The molecule has 0 aliphatic rings. The highest BCUT2D eigenvalue weighted by Crippen LogP contribution is 2.06. The summed E-state index contributed by atoms with van der Waals surface area (Å²) >= 11 is 0. The molecule has 0 fully saturated rings. The first-order valence-corrected chi connectivity index (χ1v) is 4.81. The Hall–Kier alpha value is -2.21. The Morgan fingerprint density at radius 1 is 1.19 bits per heavy atom. The molecule has 2 rings (SSSR count). The summed E-state index contributed by atoms with van der Waals surface area (Å²) in [4.78, 5) is 12.3. The Morgan fingerprint density at radius 3 is 2.81 bits per heavy atom. The van der Waals surface area contributed by atoms with Gasteiger partial charge in [-0.05, 0) is 12.1 Å². The molecule has 0 atom stereocenters. The van der Waals surface area contributed by atoms with Crippen LogP contribution in [0.1, 0.15) is 5.69 Å². The lowest BCUT2D eigenvalue weighted by Gasteiger charge is -2.05. The number of hydrogen-bond donors (Lipinski definition) is 3. The highest BCUT2D eigenvalue weighted by Gasteiger charge is 1.97. The third-order valence-electron chi connectivity index (χ3n) is 1.96. The van der Waals surface area contributed by atoms with Crippen molar-refractivity contribution < 1.29 is 0 Å². The Labute approximate surface area is 92.9 Å². The van der Waals surface area contributed by atoms with E-state index >= 15 is 0 Å². The maximum Gasteiger partial charge on any atom is 0.160 e. The zero-order valence-electron chi connectivity index (χ0n) is 8.59. The average molecular weight is 216 g/mol. The van der Waals surface area contributed by atoms with Crippen LogP contribution in [0.2, 0.25) is 0 Å². The largest absolute Gasteiger partial charge is 0.363 e. The van der Waals surface area contributed by atoms with Gasteiger partial charge in [0, 0.05) is 6.20 Å². The monoisotopic (exact) mass is 216 g/mol. The van der Waals surface area contributed by atoms with Crippen molar-refractivity contribution in [1.29, 1.82) is 0 Å². The predicted octanol–water partition coefficient (Wildman–Crippen LogP) is 0.769. The molecule has 82 valence electrons. The van der Waals surface area contributed by atoms with Gasteiger partial charge >= 0.3 is 0 Å². The zero-order chi connectivity index (χ0) is 11.2. The summed E-state index contributed by atoms with van der Waals surface area (Å²) in [6.07, 6.45) is 4.93. The van der Waals surface area contributed by atoms with E-state index in [1.807, 2.05) is 18.2 Å². The van der Waals surface area contributed by atoms with Crippen LogP contribution in [-0.4, -0.2) is 15.0 Å². The third-order valence-corrected chi connectivity index (χ3v) is 1.96. The number of pyridine rings is 1. The second-order valence-electron chi connectivity index (χ2n) is 3.11. The second-order valence-corrected chi connectivity index (χ2v) is 3.11. The molecule has 6 heteroatoms. The zero-order valence-corrected chi connectivity index (χ0v) is 8.59. The van der Waals surface area contributed by atoms with Gasteiger partial charge < -0.3 is 10.7 Å². The van der Waals surface area contributed by atoms with Crippen LogP contribution in [0.4, 0.5) is 11.6 Å². The number of nitrogens with two attached hydrogens (primary N) is 1. The van der Waals surface area contributed by atoms with Crippen LogP contribution in [0.15, 0.2) is 36.8 Å². The van der Waals surface area contributed by atoms with E-state index in [0.717, 1.165) is 5.69 Å². The van der Waals surface area contributed by atoms with Gasteiger partial charge in [0.1, 0.15) is 5.82 Å². The van der Waals surface area contributed by atoms with Gasteiger partial charge in [-0.2, -0.15) is 0 Å². The molecule has 0 saturated heterocycles. The van der Waals surface area contributed by atoms with Gasteiger partial charge in [0.15, 0.2) is 5.82 Å². The Kier molecular flexibility index (Phi) is 3.25. The minimum Gasteiger partial charge on any atom is -0.363 e. The molecule has 0 bridgehead atoms. The first-order chi connectivity index (χ1) is 7.88. The van der Waals surface area contributed by atoms with Gasteiger partial charge in [0.25, 0.3) is 0 Å². The molecule has 0 unspecified atom stereocenters. The standard InChI is InChI=1S/C10H12N6/c11-16-10-7-12-6-9(15-10)14-5-8-3-1-2-4-13-8/h1-4,6-7H,5,11H2,(H2,14,15,16). The maximum atomic E-state index is 5.23. The number of hydrogen-bond acceptors (Lipinski definition) is 6. The molecule has 2 aromatic rings. The van der Waals surface area contributed by atoms with Crippen molar-refractivity contribution in [2.45, 2.75) is 6.54 Å². The summed E-state index contributed by atoms with van der Waals surface area (Å²) in [7, 11) is 0. The van der Waals surface area contributed by atoms with Gasteiger partial charge in [-0.1, -0.05) is 6.07 Å². The number of rotatable bonds is 4.